The van der Waals surface area contributed by atoms with Crippen LogP contribution in [-0.4, -0.2) is 13.0 Å². The van der Waals surface area contributed by atoms with Crippen LogP contribution in [0.5, 0.6) is 0 Å². The zero-order valence-electron chi connectivity index (χ0n) is 7.14. The van der Waals surface area contributed by atoms with Crippen molar-refractivity contribution < 1.29 is 13.0 Å². The topological polar surface area (TPSA) is 80.4 Å². The molecule has 1 aromatic carbocycles. The SMILES string of the molecule is CC(N)(c1ccccc1)S(=O)(=O)O. The molecule has 3 N–H and O–H groups in total. The van der Waals surface area contributed by atoms with Crippen molar-refractivity contribution in [2.24, 2.45) is 5.73 Å². The van der Waals surface area contributed by atoms with Gasteiger partial charge >= 0.3 is 0 Å². The fourth-order valence-electron chi connectivity index (χ4n) is 0.918. The third-order valence-corrected chi connectivity index (χ3v) is 3.19. The fourth-order valence-corrected chi connectivity index (χ4v) is 1.35. The molecule has 1 aromatic rings. The van der Waals surface area contributed by atoms with Crippen LogP contribution >= 0.6 is 0 Å². The van der Waals surface area contributed by atoms with Gasteiger partial charge in [-0.15, -0.1) is 0 Å². The van der Waals surface area contributed by atoms with Gasteiger partial charge in [-0.05, 0) is 12.5 Å². The van der Waals surface area contributed by atoms with Gasteiger partial charge in [-0.25, -0.2) is 0 Å². The van der Waals surface area contributed by atoms with Crippen molar-refractivity contribution in [3.8, 4) is 0 Å². The van der Waals surface area contributed by atoms with Gasteiger partial charge in [0, 0.05) is 0 Å². The van der Waals surface area contributed by atoms with Gasteiger partial charge in [0.1, 0.15) is 0 Å². The zero-order valence-corrected chi connectivity index (χ0v) is 7.95. The minimum atomic E-state index is -4.28. The lowest BCUT2D eigenvalue weighted by Gasteiger charge is -2.20. The van der Waals surface area contributed by atoms with E-state index in [0.717, 1.165) is 0 Å². The van der Waals surface area contributed by atoms with E-state index in [-0.39, 0.29) is 0 Å². The van der Waals surface area contributed by atoms with E-state index < -0.39 is 15.0 Å². The van der Waals surface area contributed by atoms with E-state index in [9.17, 15) is 8.42 Å². The van der Waals surface area contributed by atoms with E-state index in [0.29, 0.717) is 5.56 Å². The highest BCUT2D eigenvalue weighted by atomic mass is 32.2. The summed E-state index contributed by atoms with van der Waals surface area (Å²) in [4.78, 5) is -1.74. The first-order chi connectivity index (χ1) is 5.86. The van der Waals surface area contributed by atoms with E-state index in [1.54, 1.807) is 30.3 Å². The molecule has 0 aliphatic heterocycles. The summed E-state index contributed by atoms with van der Waals surface area (Å²) >= 11 is 0. The number of hydrogen-bond donors (Lipinski definition) is 2. The lowest BCUT2D eigenvalue weighted by Crippen LogP contribution is -2.41. The fraction of sp³-hybridized carbons (Fsp3) is 0.250. The Kier molecular flexibility index (Phi) is 2.42. The van der Waals surface area contributed by atoms with Gasteiger partial charge in [0.05, 0.1) is 0 Å². The van der Waals surface area contributed by atoms with Crippen LogP contribution in [0.1, 0.15) is 12.5 Å². The van der Waals surface area contributed by atoms with Crippen LogP contribution in [0.4, 0.5) is 0 Å². The Hall–Kier alpha value is -0.910. The average molecular weight is 201 g/mol. The summed E-state index contributed by atoms with van der Waals surface area (Å²) < 4.78 is 30.6. The molecule has 1 rings (SSSR count). The highest BCUT2D eigenvalue weighted by Crippen LogP contribution is 2.22. The van der Waals surface area contributed by atoms with Crippen LogP contribution < -0.4 is 5.73 Å². The summed E-state index contributed by atoms with van der Waals surface area (Å²) in [6.45, 7) is 1.25. The largest absolute Gasteiger partial charge is 0.307 e. The third-order valence-electron chi connectivity index (χ3n) is 1.88. The van der Waals surface area contributed by atoms with Crippen molar-refractivity contribution in [2.45, 2.75) is 11.8 Å². The molecule has 5 heteroatoms. The van der Waals surface area contributed by atoms with Gasteiger partial charge in [-0.3, -0.25) is 4.55 Å². The van der Waals surface area contributed by atoms with Crippen molar-refractivity contribution >= 4 is 10.1 Å². The van der Waals surface area contributed by atoms with E-state index in [1.165, 1.54) is 6.92 Å². The minimum absolute atomic E-state index is 0.359. The number of rotatable bonds is 2. The molecule has 1 unspecified atom stereocenters. The first-order valence-electron chi connectivity index (χ1n) is 3.67. The highest BCUT2D eigenvalue weighted by molar-refractivity contribution is 7.86. The molecule has 4 nitrogen and oxygen atoms in total. The molecule has 0 aromatic heterocycles. The van der Waals surface area contributed by atoms with Crippen LogP contribution in [0, 0.1) is 0 Å². The highest BCUT2D eigenvalue weighted by Gasteiger charge is 2.34. The van der Waals surface area contributed by atoms with E-state index >= 15 is 0 Å². The Morgan fingerprint density at radius 2 is 1.77 bits per heavy atom. The van der Waals surface area contributed by atoms with Crippen LogP contribution in [0.3, 0.4) is 0 Å². The smallest absolute Gasteiger partial charge is 0.287 e. The molecule has 0 aliphatic rings. The summed E-state index contributed by atoms with van der Waals surface area (Å²) in [6.07, 6.45) is 0. The minimum Gasteiger partial charge on any atom is -0.307 e. The summed E-state index contributed by atoms with van der Waals surface area (Å²) in [5.74, 6) is 0. The molecular weight excluding hydrogens is 190 g/mol. The standard InChI is InChI=1S/C8H11NO3S/c1-8(9,13(10,11)12)7-5-3-2-4-6-7/h2-6H,9H2,1H3,(H,10,11,12). The molecule has 0 bridgehead atoms. The van der Waals surface area contributed by atoms with Crippen LogP contribution in [0.25, 0.3) is 0 Å². The van der Waals surface area contributed by atoms with E-state index in [4.69, 9.17) is 10.3 Å². The number of benzene rings is 1. The maximum Gasteiger partial charge on any atom is 0.287 e. The Balaban J connectivity index is 3.24. The first kappa shape index (κ1) is 10.2. The normalized spacial score (nSPS) is 16.5. The van der Waals surface area contributed by atoms with Crippen molar-refractivity contribution in [3.05, 3.63) is 35.9 Å². The van der Waals surface area contributed by atoms with Crippen molar-refractivity contribution in [1.29, 1.82) is 0 Å². The molecule has 1 atom stereocenters. The molecule has 0 saturated carbocycles. The second-order valence-corrected chi connectivity index (χ2v) is 4.75. The van der Waals surface area contributed by atoms with Crippen LogP contribution in [0.2, 0.25) is 0 Å². The third kappa shape index (κ3) is 1.88. The lowest BCUT2D eigenvalue weighted by molar-refractivity contribution is 0.439. The summed E-state index contributed by atoms with van der Waals surface area (Å²) in [6, 6.07) is 8.16. The molecule has 72 valence electrons. The summed E-state index contributed by atoms with van der Waals surface area (Å²) in [5.41, 5.74) is 5.84. The average Bonchev–Trinajstić information content (AvgIpc) is 2.04. The Morgan fingerprint density at radius 3 is 2.15 bits per heavy atom. The molecule has 0 saturated heterocycles. The molecule has 0 aliphatic carbocycles. The lowest BCUT2D eigenvalue weighted by atomic mass is 10.1. The monoisotopic (exact) mass is 201 g/mol. The van der Waals surface area contributed by atoms with Gasteiger partial charge in [-0.1, -0.05) is 30.3 Å². The maximum atomic E-state index is 10.9. The van der Waals surface area contributed by atoms with E-state index in [2.05, 4.69) is 0 Å². The summed E-state index contributed by atoms with van der Waals surface area (Å²) in [7, 11) is -4.28. The molecular formula is C8H11NO3S. The number of hydrogen-bond acceptors (Lipinski definition) is 3. The van der Waals surface area contributed by atoms with E-state index in [1.807, 2.05) is 0 Å². The second-order valence-electron chi connectivity index (χ2n) is 2.95. The predicted molar refractivity (Wildman–Crippen MR) is 49.5 cm³/mol. The molecule has 13 heavy (non-hydrogen) atoms. The quantitative estimate of drug-likeness (QED) is 0.690. The molecule has 0 heterocycles. The van der Waals surface area contributed by atoms with Crippen LogP contribution in [-0.2, 0) is 15.0 Å². The van der Waals surface area contributed by atoms with Crippen molar-refractivity contribution in [3.63, 3.8) is 0 Å². The van der Waals surface area contributed by atoms with Crippen molar-refractivity contribution in [2.75, 3.05) is 0 Å². The Bertz CT molecular complexity index is 383. The molecule has 0 amide bonds. The molecule has 0 fully saturated rings. The predicted octanol–water partition coefficient (Wildman–Crippen LogP) is 0.706. The molecule has 0 spiro atoms. The van der Waals surface area contributed by atoms with Gasteiger partial charge in [0.15, 0.2) is 4.87 Å². The van der Waals surface area contributed by atoms with Gasteiger partial charge in [0.2, 0.25) is 0 Å². The zero-order chi connectivity index (χ0) is 10.1. The second kappa shape index (κ2) is 3.10. The maximum absolute atomic E-state index is 10.9. The number of nitrogens with two attached hydrogens (primary N) is 1. The van der Waals surface area contributed by atoms with Crippen LogP contribution in [0.15, 0.2) is 30.3 Å². The molecule has 0 radical (unpaired) electrons. The first-order valence-corrected chi connectivity index (χ1v) is 5.11. The van der Waals surface area contributed by atoms with Gasteiger partial charge in [-0.2, -0.15) is 8.42 Å². The summed E-state index contributed by atoms with van der Waals surface area (Å²) in [5, 5.41) is 0. The van der Waals surface area contributed by atoms with Gasteiger partial charge < -0.3 is 5.73 Å². The van der Waals surface area contributed by atoms with Crippen molar-refractivity contribution in [1.82, 2.24) is 0 Å². The Morgan fingerprint density at radius 1 is 1.31 bits per heavy atom. The van der Waals surface area contributed by atoms with Gasteiger partial charge in [0.25, 0.3) is 10.1 Å². The Labute approximate surface area is 77.1 Å².